The van der Waals surface area contributed by atoms with Crippen molar-refractivity contribution in [2.45, 2.75) is 51.1 Å². The van der Waals surface area contributed by atoms with Crippen molar-refractivity contribution in [2.24, 2.45) is 5.92 Å². The molecule has 1 atom stereocenters. The first kappa shape index (κ1) is 22.4. The molecular formula is C27H28N2O2S2. The van der Waals surface area contributed by atoms with E-state index in [2.05, 4.69) is 50.2 Å². The molecule has 0 fully saturated rings. The third kappa shape index (κ3) is 4.79. The Kier molecular flexibility index (Phi) is 6.67. The van der Waals surface area contributed by atoms with E-state index in [1.165, 1.54) is 5.56 Å². The number of thiophene rings is 1. The number of ether oxygens (including phenoxy) is 1. The topological polar surface area (TPSA) is 44.1 Å². The van der Waals surface area contributed by atoms with Crippen LogP contribution in [-0.2, 0) is 30.7 Å². The van der Waals surface area contributed by atoms with Crippen LogP contribution >= 0.6 is 23.1 Å². The van der Waals surface area contributed by atoms with Gasteiger partial charge in [0.2, 0.25) is 0 Å². The van der Waals surface area contributed by atoms with Crippen molar-refractivity contribution in [3.8, 4) is 0 Å². The van der Waals surface area contributed by atoms with Crippen molar-refractivity contribution < 1.29 is 4.74 Å². The summed E-state index contributed by atoms with van der Waals surface area (Å²) in [5.41, 5.74) is 3.64. The van der Waals surface area contributed by atoms with Gasteiger partial charge >= 0.3 is 0 Å². The van der Waals surface area contributed by atoms with Crippen molar-refractivity contribution >= 4 is 33.3 Å². The molecule has 4 nitrogen and oxygen atoms in total. The highest BCUT2D eigenvalue weighted by Gasteiger charge is 2.28. The van der Waals surface area contributed by atoms with Crippen LogP contribution in [0.3, 0.4) is 0 Å². The smallest absolute Gasteiger partial charge is 0.263 e. The van der Waals surface area contributed by atoms with Crippen LogP contribution in [0.1, 0.15) is 35.4 Å². The van der Waals surface area contributed by atoms with E-state index in [9.17, 15) is 4.79 Å². The van der Waals surface area contributed by atoms with Crippen molar-refractivity contribution in [3.05, 3.63) is 92.6 Å². The number of rotatable bonds is 7. The molecule has 0 aliphatic carbocycles. The van der Waals surface area contributed by atoms with Crippen LogP contribution < -0.4 is 5.56 Å². The molecular weight excluding hydrogens is 448 g/mol. The minimum atomic E-state index is 0.0768. The molecule has 1 unspecified atom stereocenters. The van der Waals surface area contributed by atoms with E-state index < -0.39 is 0 Å². The Morgan fingerprint density at radius 1 is 1.09 bits per heavy atom. The van der Waals surface area contributed by atoms with Gasteiger partial charge in [0.05, 0.1) is 24.6 Å². The Hall–Kier alpha value is -2.41. The quantitative estimate of drug-likeness (QED) is 0.245. The van der Waals surface area contributed by atoms with Crippen molar-refractivity contribution in [3.63, 3.8) is 0 Å². The van der Waals surface area contributed by atoms with Gasteiger partial charge in [0.15, 0.2) is 5.16 Å². The van der Waals surface area contributed by atoms with E-state index in [0.29, 0.717) is 19.1 Å². The van der Waals surface area contributed by atoms with Crippen LogP contribution in [-0.4, -0.2) is 21.4 Å². The third-order valence-corrected chi connectivity index (χ3v) is 8.26. The molecule has 0 amide bonds. The average Bonchev–Trinajstić information content (AvgIpc) is 3.20. The Labute approximate surface area is 202 Å². The Morgan fingerprint density at radius 2 is 1.79 bits per heavy atom. The van der Waals surface area contributed by atoms with Crippen LogP contribution in [0.25, 0.3) is 10.2 Å². The van der Waals surface area contributed by atoms with E-state index in [0.717, 1.165) is 50.0 Å². The molecule has 3 heterocycles. The van der Waals surface area contributed by atoms with Gasteiger partial charge < -0.3 is 4.74 Å². The van der Waals surface area contributed by atoms with Gasteiger partial charge in [0.25, 0.3) is 5.56 Å². The van der Waals surface area contributed by atoms with Crippen molar-refractivity contribution in [1.29, 1.82) is 0 Å². The molecule has 0 saturated heterocycles. The molecule has 0 saturated carbocycles. The first-order valence-corrected chi connectivity index (χ1v) is 13.3. The fraction of sp³-hybridized carbons (Fsp3) is 0.333. The molecule has 2 aromatic heterocycles. The Balaban J connectivity index is 1.53. The van der Waals surface area contributed by atoms with Crippen LogP contribution in [0, 0.1) is 5.92 Å². The molecule has 0 N–H and O–H groups in total. The molecule has 4 aromatic rings. The minimum Gasteiger partial charge on any atom is -0.372 e. The number of hydrogen-bond acceptors (Lipinski definition) is 5. The summed E-state index contributed by atoms with van der Waals surface area (Å²) < 4.78 is 7.95. The van der Waals surface area contributed by atoms with Crippen LogP contribution in [0.2, 0.25) is 0 Å². The van der Waals surface area contributed by atoms with Gasteiger partial charge in [-0.2, -0.15) is 0 Å². The van der Waals surface area contributed by atoms with Gasteiger partial charge in [0.1, 0.15) is 4.83 Å². The number of aromatic nitrogens is 2. The molecule has 170 valence electrons. The largest absolute Gasteiger partial charge is 0.372 e. The molecule has 6 heteroatoms. The van der Waals surface area contributed by atoms with Crippen LogP contribution in [0.5, 0.6) is 0 Å². The number of aryl methyl sites for hydroxylation is 1. The summed E-state index contributed by atoms with van der Waals surface area (Å²) in [5, 5.41) is 1.60. The highest BCUT2D eigenvalue weighted by Crippen LogP contribution is 2.36. The molecule has 0 spiro atoms. The number of nitrogens with zero attached hydrogens (tertiary/aromatic N) is 2. The van der Waals surface area contributed by atoms with E-state index in [1.54, 1.807) is 23.1 Å². The highest BCUT2D eigenvalue weighted by molar-refractivity contribution is 7.99. The third-order valence-electron chi connectivity index (χ3n) is 6.18. The van der Waals surface area contributed by atoms with E-state index in [-0.39, 0.29) is 11.7 Å². The van der Waals surface area contributed by atoms with E-state index >= 15 is 0 Å². The lowest BCUT2D eigenvalue weighted by Gasteiger charge is -2.26. The summed E-state index contributed by atoms with van der Waals surface area (Å²) in [6.07, 6.45) is 1.88. The van der Waals surface area contributed by atoms with Crippen LogP contribution in [0.4, 0.5) is 0 Å². The molecule has 0 radical (unpaired) electrons. The highest BCUT2D eigenvalue weighted by atomic mass is 32.2. The summed E-state index contributed by atoms with van der Waals surface area (Å²) in [7, 11) is 0. The molecule has 1 aliphatic heterocycles. The zero-order chi connectivity index (χ0) is 22.8. The fourth-order valence-electron chi connectivity index (χ4n) is 4.29. The molecule has 33 heavy (non-hydrogen) atoms. The molecule has 5 rings (SSSR count). The van der Waals surface area contributed by atoms with Crippen molar-refractivity contribution in [1.82, 2.24) is 9.55 Å². The standard InChI is InChI=1S/C27H28N2O2S2/c1-18(2)22-15-21-23(17-31-22)33-25-24(21)26(30)29(16-20-11-7-4-8-12-20)27(28-25)32-14-13-19-9-5-3-6-10-19/h3-12,18,22H,13-17H2,1-2H3. The van der Waals surface area contributed by atoms with Gasteiger partial charge in [-0.3, -0.25) is 9.36 Å². The minimum absolute atomic E-state index is 0.0768. The van der Waals surface area contributed by atoms with Crippen LogP contribution in [0.15, 0.2) is 70.6 Å². The zero-order valence-electron chi connectivity index (χ0n) is 19.0. The maximum absolute atomic E-state index is 13.9. The Morgan fingerprint density at radius 3 is 2.48 bits per heavy atom. The van der Waals surface area contributed by atoms with E-state index in [1.807, 2.05) is 28.8 Å². The van der Waals surface area contributed by atoms with Gasteiger partial charge in [-0.1, -0.05) is 86.3 Å². The second-order valence-electron chi connectivity index (χ2n) is 8.84. The first-order valence-electron chi connectivity index (χ1n) is 11.5. The first-order chi connectivity index (χ1) is 16.1. The van der Waals surface area contributed by atoms with Gasteiger partial charge in [-0.15, -0.1) is 11.3 Å². The second-order valence-corrected chi connectivity index (χ2v) is 11.0. The predicted octanol–water partition coefficient (Wildman–Crippen LogP) is 5.94. The number of fused-ring (bicyclic) bond motifs is 3. The van der Waals surface area contributed by atoms with E-state index in [4.69, 9.17) is 9.72 Å². The van der Waals surface area contributed by atoms with Crippen molar-refractivity contribution in [2.75, 3.05) is 5.75 Å². The summed E-state index contributed by atoms with van der Waals surface area (Å²) in [4.78, 5) is 20.9. The fourth-order valence-corrected chi connectivity index (χ4v) is 6.44. The summed E-state index contributed by atoms with van der Waals surface area (Å²) in [6.45, 7) is 5.47. The molecule has 0 bridgehead atoms. The Bertz CT molecular complexity index is 1300. The second kappa shape index (κ2) is 9.84. The van der Waals surface area contributed by atoms with Gasteiger partial charge in [-0.25, -0.2) is 4.98 Å². The summed E-state index contributed by atoms with van der Waals surface area (Å²) >= 11 is 3.29. The average molecular weight is 477 g/mol. The summed E-state index contributed by atoms with van der Waals surface area (Å²) in [5.74, 6) is 1.29. The lowest BCUT2D eigenvalue weighted by atomic mass is 9.96. The zero-order valence-corrected chi connectivity index (χ0v) is 20.6. The maximum Gasteiger partial charge on any atom is 0.263 e. The lowest BCUT2D eigenvalue weighted by molar-refractivity contribution is 0.00200. The SMILES string of the molecule is CC(C)C1Cc2c(sc3nc(SCCc4ccccc4)n(Cc4ccccc4)c(=O)c23)CO1. The molecule has 2 aromatic carbocycles. The predicted molar refractivity (Wildman–Crippen MR) is 137 cm³/mol. The number of benzene rings is 2. The molecule has 1 aliphatic rings. The maximum atomic E-state index is 13.9. The number of thioether (sulfide) groups is 1. The monoisotopic (exact) mass is 476 g/mol. The van der Waals surface area contributed by atoms with Gasteiger partial charge in [0, 0.05) is 17.1 Å². The van der Waals surface area contributed by atoms with Gasteiger partial charge in [-0.05, 0) is 29.0 Å². The number of hydrogen-bond donors (Lipinski definition) is 0. The lowest BCUT2D eigenvalue weighted by Crippen LogP contribution is -2.28. The summed E-state index contributed by atoms with van der Waals surface area (Å²) in [6, 6.07) is 20.6. The normalized spacial score (nSPS) is 15.8.